The molecule has 4 heteroatoms. The number of rotatable bonds is 5. The maximum atomic E-state index is 6.11. The summed E-state index contributed by atoms with van der Waals surface area (Å²) >= 11 is 5.87. The van der Waals surface area contributed by atoms with E-state index in [0.717, 1.165) is 17.0 Å². The molecule has 0 aliphatic rings. The Hall–Kier alpha value is -0.610. The van der Waals surface area contributed by atoms with E-state index in [1.165, 1.54) is 0 Å². The highest BCUT2D eigenvalue weighted by molar-refractivity contribution is 6.30. The van der Waals surface area contributed by atoms with Gasteiger partial charge in [0.2, 0.25) is 0 Å². The lowest BCUT2D eigenvalue weighted by atomic mass is 9.98. The molecule has 0 spiro atoms. The van der Waals surface area contributed by atoms with Gasteiger partial charge in [0, 0.05) is 18.1 Å². The zero-order valence-corrected chi connectivity index (χ0v) is 10.7. The lowest BCUT2D eigenvalue weighted by molar-refractivity contribution is -0.148. The van der Waals surface area contributed by atoms with E-state index in [0.29, 0.717) is 0 Å². The van der Waals surface area contributed by atoms with E-state index in [4.69, 9.17) is 22.2 Å². The summed E-state index contributed by atoms with van der Waals surface area (Å²) in [5.74, 6) is 0. The van der Waals surface area contributed by atoms with Gasteiger partial charge in [0.05, 0.1) is 13.2 Å². The lowest BCUT2D eigenvalue weighted by Crippen LogP contribution is -2.38. The molecule has 2 N–H and O–H groups in total. The van der Waals surface area contributed by atoms with Gasteiger partial charge >= 0.3 is 0 Å². The molecule has 1 aromatic carbocycles. The fourth-order valence-corrected chi connectivity index (χ4v) is 1.85. The molecule has 0 radical (unpaired) electrons. The number of hydrogen-bond acceptors (Lipinski definition) is 3. The predicted octanol–water partition coefficient (Wildman–Crippen LogP) is 2.61. The zero-order chi connectivity index (χ0) is 12.1. The minimum atomic E-state index is 0.0334. The third-order valence-corrected chi connectivity index (χ3v) is 3.02. The standard InChI is InChI=1S/C12H19ClN2O/c1-4-11(14)12(15(2)16-3)9-5-7-10(13)8-6-9/h5-8,11-12H,4,14H2,1-3H3. The first kappa shape index (κ1) is 13.5. The summed E-state index contributed by atoms with van der Waals surface area (Å²) < 4.78 is 0. The fourth-order valence-electron chi connectivity index (χ4n) is 1.72. The largest absolute Gasteiger partial charge is 0.326 e. The van der Waals surface area contributed by atoms with Crippen LogP contribution in [0.1, 0.15) is 24.9 Å². The van der Waals surface area contributed by atoms with Crippen molar-refractivity contribution in [3.8, 4) is 0 Å². The van der Waals surface area contributed by atoms with Gasteiger partial charge in [0.25, 0.3) is 0 Å². The van der Waals surface area contributed by atoms with E-state index >= 15 is 0 Å². The van der Waals surface area contributed by atoms with Crippen LogP contribution in [0.25, 0.3) is 0 Å². The van der Waals surface area contributed by atoms with Crippen LogP contribution in [-0.2, 0) is 4.84 Å². The molecule has 0 aliphatic heterocycles. The maximum absolute atomic E-state index is 6.11. The zero-order valence-electron chi connectivity index (χ0n) is 9.98. The van der Waals surface area contributed by atoms with Crippen LogP contribution in [0.4, 0.5) is 0 Å². The smallest absolute Gasteiger partial charge is 0.0749 e. The van der Waals surface area contributed by atoms with Crippen LogP contribution >= 0.6 is 11.6 Å². The van der Waals surface area contributed by atoms with E-state index in [1.807, 2.05) is 31.3 Å². The van der Waals surface area contributed by atoms with Gasteiger partial charge in [0.15, 0.2) is 0 Å². The molecular formula is C12H19ClN2O. The first-order valence-electron chi connectivity index (χ1n) is 5.38. The molecule has 0 bridgehead atoms. The number of hydroxylamine groups is 2. The van der Waals surface area contributed by atoms with Crippen LogP contribution in [-0.4, -0.2) is 25.3 Å². The lowest BCUT2D eigenvalue weighted by Gasteiger charge is -2.30. The van der Waals surface area contributed by atoms with E-state index in [1.54, 1.807) is 12.2 Å². The second kappa shape index (κ2) is 6.21. The Balaban J connectivity index is 2.96. The van der Waals surface area contributed by atoms with Gasteiger partial charge in [-0.1, -0.05) is 30.7 Å². The molecule has 16 heavy (non-hydrogen) atoms. The van der Waals surface area contributed by atoms with Crippen molar-refractivity contribution >= 4 is 11.6 Å². The molecule has 0 aliphatic carbocycles. The average molecular weight is 243 g/mol. The summed E-state index contributed by atoms with van der Waals surface area (Å²) in [5.41, 5.74) is 7.22. The second-order valence-electron chi connectivity index (χ2n) is 3.80. The van der Waals surface area contributed by atoms with E-state index in [-0.39, 0.29) is 12.1 Å². The summed E-state index contributed by atoms with van der Waals surface area (Å²) in [6, 6.07) is 7.79. The minimum Gasteiger partial charge on any atom is -0.326 e. The fraction of sp³-hybridized carbons (Fsp3) is 0.500. The molecule has 0 fully saturated rings. The number of nitrogens with two attached hydrogens (primary N) is 1. The monoisotopic (exact) mass is 242 g/mol. The van der Waals surface area contributed by atoms with Crippen molar-refractivity contribution in [2.45, 2.75) is 25.4 Å². The van der Waals surface area contributed by atoms with Crippen molar-refractivity contribution in [1.29, 1.82) is 0 Å². The second-order valence-corrected chi connectivity index (χ2v) is 4.23. The van der Waals surface area contributed by atoms with Gasteiger partial charge in [0.1, 0.15) is 0 Å². The molecule has 2 unspecified atom stereocenters. The molecule has 0 amide bonds. The molecule has 0 saturated carbocycles. The van der Waals surface area contributed by atoms with Gasteiger partial charge in [-0.2, -0.15) is 5.06 Å². The van der Waals surface area contributed by atoms with Crippen LogP contribution in [0, 0.1) is 0 Å². The van der Waals surface area contributed by atoms with Gasteiger partial charge in [-0.3, -0.25) is 0 Å². The quantitative estimate of drug-likeness (QED) is 0.807. The summed E-state index contributed by atoms with van der Waals surface area (Å²) in [5, 5.41) is 2.50. The van der Waals surface area contributed by atoms with Crippen LogP contribution < -0.4 is 5.73 Å². The van der Waals surface area contributed by atoms with Gasteiger partial charge in [-0.05, 0) is 24.1 Å². The topological polar surface area (TPSA) is 38.5 Å². The van der Waals surface area contributed by atoms with Crippen LogP contribution in [0.15, 0.2) is 24.3 Å². The Kier molecular flexibility index (Phi) is 5.22. The first-order chi connectivity index (χ1) is 7.60. The Morgan fingerprint density at radius 2 is 1.94 bits per heavy atom. The highest BCUT2D eigenvalue weighted by Gasteiger charge is 2.23. The summed E-state index contributed by atoms with van der Waals surface area (Å²) in [6.45, 7) is 2.07. The average Bonchev–Trinajstić information content (AvgIpc) is 2.31. The Morgan fingerprint density at radius 1 is 1.38 bits per heavy atom. The van der Waals surface area contributed by atoms with Crippen molar-refractivity contribution in [2.75, 3.05) is 14.2 Å². The van der Waals surface area contributed by atoms with Crippen molar-refractivity contribution in [3.05, 3.63) is 34.9 Å². The number of hydrogen-bond donors (Lipinski definition) is 1. The van der Waals surface area contributed by atoms with Crippen LogP contribution in [0.3, 0.4) is 0 Å². The van der Waals surface area contributed by atoms with Gasteiger partial charge in [-0.15, -0.1) is 0 Å². The normalized spacial score (nSPS) is 15.1. The van der Waals surface area contributed by atoms with Crippen molar-refractivity contribution in [1.82, 2.24) is 5.06 Å². The SMILES string of the molecule is CCC(N)C(c1ccc(Cl)cc1)N(C)OC. The third kappa shape index (κ3) is 3.19. The highest BCUT2D eigenvalue weighted by atomic mass is 35.5. The Bertz CT molecular complexity index is 305. The highest BCUT2D eigenvalue weighted by Crippen LogP contribution is 2.25. The molecule has 0 aromatic heterocycles. The maximum Gasteiger partial charge on any atom is 0.0749 e. The Labute approximate surface area is 102 Å². The van der Waals surface area contributed by atoms with Gasteiger partial charge in [-0.25, -0.2) is 0 Å². The van der Waals surface area contributed by atoms with Crippen molar-refractivity contribution < 1.29 is 4.84 Å². The van der Waals surface area contributed by atoms with Crippen molar-refractivity contribution in [3.63, 3.8) is 0 Å². The molecule has 0 heterocycles. The third-order valence-electron chi connectivity index (χ3n) is 2.77. The molecule has 1 aromatic rings. The number of benzene rings is 1. The molecule has 90 valence electrons. The molecule has 1 rings (SSSR count). The van der Waals surface area contributed by atoms with Crippen LogP contribution in [0.5, 0.6) is 0 Å². The molecule has 0 saturated heterocycles. The summed E-state index contributed by atoms with van der Waals surface area (Å²) in [6.07, 6.45) is 0.890. The number of nitrogens with zero attached hydrogens (tertiary/aromatic N) is 1. The predicted molar refractivity (Wildman–Crippen MR) is 67.2 cm³/mol. The van der Waals surface area contributed by atoms with E-state index in [9.17, 15) is 0 Å². The number of halogens is 1. The van der Waals surface area contributed by atoms with E-state index < -0.39 is 0 Å². The minimum absolute atomic E-state index is 0.0334. The number of likely N-dealkylation sites (N-methyl/N-ethyl adjacent to an activating group) is 1. The first-order valence-corrected chi connectivity index (χ1v) is 5.76. The van der Waals surface area contributed by atoms with Gasteiger partial charge < -0.3 is 10.6 Å². The van der Waals surface area contributed by atoms with Crippen molar-refractivity contribution in [2.24, 2.45) is 5.73 Å². The van der Waals surface area contributed by atoms with Crippen LogP contribution in [0.2, 0.25) is 5.02 Å². The molecule has 2 atom stereocenters. The Morgan fingerprint density at radius 3 is 2.38 bits per heavy atom. The molecule has 3 nitrogen and oxygen atoms in total. The summed E-state index contributed by atoms with van der Waals surface area (Å²) in [4.78, 5) is 5.24. The van der Waals surface area contributed by atoms with E-state index in [2.05, 4.69) is 6.92 Å². The molecular weight excluding hydrogens is 224 g/mol. The summed E-state index contributed by atoms with van der Waals surface area (Å²) in [7, 11) is 3.53.